The van der Waals surface area contributed by atoms with E-state index in [2.05, 4.69) is 4.74 Å². The molecule has 2 aliphatic heterocycles. The largest absolute Gasteiger partial charge is 0.573 e. The number of fused-ring (bicyclic) bond motifs is 2. The summed E-state index contributed by atoms with van der Waals surface area (Å²) in [4.78, 5) is 0. The van der Waals surface area contributed by atoms with Gasteiger partial charge in [0.25, 0.3) is 0 Å². The second kappa shape index (κ2) is 5.53. The fourth-order valence-electron chi connectivity index (χ4n) is 3.57. The van der Waals surface area contributed by atoms with Crippen LogP contribution in [0.25, 0.3) is 0 Å². The summed E-state index contributed by atoms with van der Waals surface area (Å²) in [6.45, 7) is 0. The van der Waals surface area contributed by atoms with Gasteiger partial charge in [-0.25, -0.2) is 0 Å². The summed E-state index contributed by atoms with van der Waals surface area (Å²) in [6.07, 6.45) is -1.93. The highest BCUT2D eigenvalue weighted by atomic mass is 32.2. The molecule has 3 rings (SSSR count). The minimum absolute atomic E-state index is 0.140. The van der Waals surface area contributed by atoms with E-state index in [1.54, 1.807) is 6.07 Å². The Morgan fingerprint density at radius 3 is 2.36 bits per heavy atom. The molecule has 2 saturated heterocycles. The zero-order valence-electron chi connectivity index (χ0n) is 11.8. The van der Waals surface area contributed by atoms with Gasteiger partial charge in [-0.2, -0.15) is 0 Å². The average Bonchev–Trinajstić information content (AvgIpc) is 2.39. The summed E-state index contributed by atoms with van der Waals surface area (Å²) in [5, 5.41) is 10.6. The van der Waals surface area contributed by atoms with E-state index in [1.165, 1.54) is 18.2 Å². The van der Waals surface area contributed by atoms with Gasteiger partial charge in [-0.1, -0.05) is 24.6 Å². The Morgan fingerprint density at radius 1 is 1.18 bits per heavy atom. The topological polar surface area (TPSA) is 46.5 Å². The van der Waals surface area contributed by atoms with Gasteiger partial charge in [0.2, 0.25) is 0 Å². The van der Waals surface area contributed by atoms with Crippen molar-refractivity contribution < 1.29 is 27.2 Å². The van der Waals surface area contributed by atoms with Crippen molar-refractivity contribution in [3.63, 3.8) is 0 Å². The van der Waals surface area contributed by atoms with Crippen molar-refractivity contribution in [1.29, 1.82) is 0 Å². The van der Waals surface area contributed by atoms with Gasteiger partial charge in [0.05, 0.1) is 5.60 Å². The van der Waals surface area contributed by atoms with Crippen molar-refractivity contribution >= 4 is 10.8 Å². The Hall–Kier alpha value is -1.08. The van der Waals surface area contributed by atoms with E-state index >= 15 is 0 Å². The van der Waals surface area contributed by atoms with Crippen LogP contribution in [0.1, 0.15) is 37.7 Å². The number of ether oxygens (including phenoxy) is 1. The van der Waals surface area contributed by atoms with Gasteiger partial charge in [0, 0.05) is 26.9 Å². The Bertz CT molecular complexity index is 572. The van der Waals surface area contributed by atoms with E-state index in [0.717, 1.165) is 19.3 Å². The Labute approximate surface area is 128 Å². The quantitative estimate of drug-likeness (QED) is 0.903. The number of hydrogen-bond donors (Lipinski definition) is 1. The molecule has 122 valence electrons. The number of para-hydroxylation sites is 1. The molecule has 3 nitrogen and oxygen atoms in total. The normalized spacial score (nSPS) is 35.2. The van der Waals surface area contributed by atoms with E-state index in [0.29, 0.717) is 0 Å². The molecule has 2 fully saturated rings. The minimum Gasteiger partial charge on any atom is -0.405 e. The number of aliphatic hydroxyl groups is 1. The first-order valence-electron chi connectivity index (χ1n) is 7.25. The molecule has 2 aliphatic rings. The third-order valence-electron chi connectivity index (χ3n) is 4.45. The van der Waals surface area contributed by atoms with Gasteiger partial charge >= 0.3 is 6.36 Å². The molecule has 0 radical (unpaired) electrons. The Morgan fingerprint density at radius 2 is 1.77 bits per heavy atom. The second-order valence-electron chi connectivity index (χ2n) is 5.99. The van der Waals surface area contributed by atoms with Crippen molar-refractivity contribution in [1.82, 2.24) is 0 Å². The molecule has 2 bridgehead atoms. The standard InChI is InChI=1S/C15H17F3O3S/c16-15(17,18)21-13-7-2-1-6-12(13)14(19)8-10-4-3-5-11(9-14)22(10)20/h1-2,6-7,10-11,19H,3-5,8-9H2. The summed E-state index contributed by atoms with van der Waals surface area (Å²) in [6, 6.07) is 5.70. The molecule has 7 heteroatoms. The summed E-state index contributed by atoms with van der Waals surface area (Å²) in [5.41, 5.74) is -1.27. The minimum atomic E-state index is -4.81. The second-order valence-corrected chi connectivity index (χ2v) is 7.98. The molecule has 2 atom stereocenters. The highest BCUT2D eigenvalue weighted by Crippen LogP contribution is 2.47. The third-order valence-corrected chi connectivity index (χ3v) is 6.57. The molecular weight excluding hydrogens is 317 g/mol. The first-order valence-corrected chi connectivity index (χ1v) is 8.53. The van der Waals surface area contributed by atoms with Crippen molar-refractivity contribution in [3.05, 3.63) is 29.8 Å². The predicted molar refractivity (Wildman–Crippen MR) is 75.8 cm³/mol. The van der Waals surface area contributed by atoms with Crippen molar-refractivity contribution in [2.75, 3.05) is 0 Å². The summed E-state index contributed by atoms with van der Waals surface area (Å²) in [7, 11) is -1.01. The van der Waals surface area contributed by atoms with E-state index in [4.69, 9.17) is 0 Å². The molecular formula is C15H17F3O3S. The number of hydrogen-bond acceptors (Lipinski definition) is 3. The lowest BCUT2D eigenvalue weighted by atomic mass is 9.80. The fourth-order valence-corrected chi connectivity index (χ4v) is 5.79. The zero-order valence-corrected chi connectivity index (χ0v) is 12.6. The van der Waals surface area contributed by atoms with E-state index in [9.17, 15) is 22.5 Å². The molecule has 0 saturated carbocycles. The smallest absolute Gasteiger partial charge is 0.405 e. The van der Waals surface area contributed by atoms with E-state index in [-0.39, 0.29) is 34.7 Å². The lowest BCUT2D eigenvalue weighted by Crippen LogP contribution is -2.47. The van der Waals surface area contributed by atoms with Gasteiger partial charge in [-0.15, -0.1) is 13.2 Å². The Kier molecular flexibility index (Phi) is 3.97. The average molecular weight is 334 g/mol. The third kappa shape index (κ3) is 3.01. The number of benzene rings is 1. The van der Waals surface area contributed by atoms with Gasteiger partial charge in [-0.3, -0.25) is 4.21 Å². The van der Waals surface area contributed by atoms with Gasteiger partial charge in [0.15, 0.2) is 0 Å². The van der Waals surface area contributed by atoms with Gasteiger partial charge in [0.1, 0.15) is 5.75 Å². The molecule has 0 aromatic heterocycles. The SMILES string of the molecule is O=S1C2CCCC1CC(O)(c1ccccc1OC(F)(F)F)C2. The summed E-state index contributed by atoms with van der Waals surface area (Å²) in [5.74, 6) is -0.372. The van der Waals surface area contributed by atoms with Gasteiger partial charge in [-0.05, 0) is 31.7 Å². The molecule has 22 heavy (non-hydrogen) atoms. The van der Waals surface area contributed by atoms with Crippen LogP contribution in [-0.4, -0.2) is 26.2 Å². The number of rotatable bonds is 2. The molecule has 0 spiro atoms. The molecule has 1 N–H and O–H groups in total. The van der Waals surface area contributed by atoms with Crippen molar-refractivity contribution in [2.45, 2.75) is 54.6 Å². The van der Waals surface area contributed by atoms with Crippen molar-refractivity contribution in [2.24, 2.45) is 0 Å². The van der Waals surface area contributed by atoms with Crippen molar-refractivity contribution in [3.8, 4) is 5.75 Å². The molecule has 0 amide bonds. The fraction of sp³-hybridized carbons (Fsp3) is 0.600. The molecule has 0 aliphatic carbocycles. The van der Waals surface area contributed by atoms with Crippen LogP contribution in [0.5, 0.6) is 5.75 Å². The monoisotopic (exact) mass is 334 g/mol. The predicted octanol–water partition coefficient (Wildman–Crippen LogP) is 3.24. The highest BCUT2D eigenvalue weighted by Gasteiger charge is 2.48. The molecule has 1 aromatic rings. The van der Waals surface area contributed by atoms with Gasteiger partial charge < -0.3 is 9.84 Å². The van der Waals surface area contributed by atoms with Crippen LogP contribution in [-0.2, 0) is 16.4 Å². The molecule has 2 heterocycles. The lowest BCUT2D eigenvalue weighted by molar-refractivity contribution is -0.275. The maximum atomic E-state index is 12.6. The van der Waals surface area contributed by atoms with Crippen LogP contribution in [0, 0.1) is 0 Å². The Balaban J connectivity index is 1.95. The maximum absolute atomic E-state index is 12.6. The maximum Gasteiger partial charge on any atom is 0.573 e. The van der Waals surface area contributed by atoms with E-state index < -0.39 is 22.8 Å². The van der Waals surface area contributed by atoms with Crippen LogP contribution in [0.2, 0.25) is 0 Å². The molecule has 2 unspecified atom stereocenters. The number of halogens is 3. The molecule has 1 aromatic carbocycles. The zero-order chi connectivity index (χ0) is 16.0. The van der Waals surface area contributed by atoms with E-state index in [1.807, 2.05) is 0 Å². The number of alkyl halides is 3. The van der Waals surface area contributed by atoms with Crippen LogP contribution < -0.4 is 4.74 Å². The first kappa shape index (κ1) is 15.8. The summed E-state index contributed by atoms with van der Waals surface area (Å²) < 4.78 is 54.0. The summed E-state index contributed by atoms with van der Waals surface area (Å²) >= 11 is 0. The van der Waals surface area contributed by atoms with Crippen LogP contribution >= 0.6 is 0 Å². The highest BCUT2D eigenvalue weighted by molar-refractivity contribution is 7.86. The lowest BCUT2D eigenvalue weighted by Gasteiger charge is -2.44. The van der Waals surface area contributed by atoms with Crippen LogP contribution in [0.4, 0.5) is 13.2 Å². The van der Waals surface area contributed by atoms with Crippen LogP contribution in [0.3, 0.4) is 0 Å². The van der Waals surface area contributed by atoms with Crippen LogP contribution in [0.15, 0.2) is 24.3 Å². The first-order chi connectivity index (χ1) is 10.3.